The summed E-state index contributed by atoms with van der Waals surface area (Å²) < 4.78 is 5.59. The lowest BCUT2D eigenvalue weighted by atomic mass is 9.99. The molecule has 2 nitrogen and oxygen atoms in total. The zero-order valence-corrected chi connectivity index (χ0v) is 7.25. The van der Waals surface area contributed by atoms with Crippen LogP contribution in [0.25, 0.3) is 0 Å². The maximum atomic E-state index is 5.67. The van der Waals surface area contributed by atoms with Crippen molar-refractivity contribution in [3.8, 4) is 0 Å². The summed E-state index contributed by atoms with van der Waals surface area (Å²) in [6, 6.07) is 0. The van der Waals surface area contributed by atoms with Crippen molar-refractivity contribution in [2.24, 2.45) is 5.73 Å². The van der Waals surface area contributed by atoms with E-state index in [4.69, 9.17) is 10.5 Å². The molecule has 0 aromatic carbocycles. The standard InChI is InChI=1S/C7H15NOS/c1-10-7(6-8)2-4-9-5-3-7/h2-6,8H2,1H3. The van der Waals surface area contributed by atoms with Gasteiger partial charge < -0.3 is 10.5 Å². The fourth-order valence-electron chi connectivity index (χ4n) is 1.23. The van der Waals surface area contributed by atoms with Gasteiger partial charge >= 0.3 is 0 Å². The quantitative estimate of drug-likeness (QED) is 0.652. The van der Waals surface area contributed by atoms with Crippen LogP contribution in [0.4, 0.5) is 0 Å². The summed E-state index contributed by atoms with van der Waals surface area (Å²) in [7, 11) is 0. The van der Waals surface area contributed by atoms with Crippen LogP contribution in [0.2, 0.25) is 0 Å². The van der Waals surface area contributed by atoms with Crippen molar-refractivity contribution in [3.05, 3.63) is 0 Å². The fourth-order valence-corrected chi connectivity index (χ4v) is 1.98. The van der Waals surface area contributed by atoms with Gasteiger partial charge in [0.15, 0.2) is 0 Å². The molecule has 0 amide bonds. The normalized spacial score (nSPS) is 24.6. The van der Waals surface area contributed by atoms with E-state index in [1.807, 2.05) is 11.8 Å². The highest BCUT2D eigenvalue weighted by Crippen LogP contribution is 2.32. The highest BCUT2D eigenvalue weighted by atomic mass is 32.2. The highest BCUT2D eigenvalue weighted by molar-refractivity contribution is 8.00. The first-order chi connectivity index (χ1) is 4.83. The Morgan fingerprint density at radius 1 is 1.50 bits per heavy atom. The maximum Gasteiger partial charge on any atom is 0.0479 e. The van der Waals surface area contributed by atoms with Gasteiger partial charge in [0.2, 0.25) is 0 Å². The lowest BCUT2D eigenvalue weighted by Gasteiger charge is -2.34. The molecule has 10 heavy (non-hydrogen) atoms. The van der Waals surface area contributed by atoms with Gasteiger partial charge in [-0.3, -0.25) is 0 Å². The topological polar surface area (TPSA) is 35.2 Å². The van der Waals surface area contributed by atoms with Gasteiger partial charge in [-0.25, -0.2) is 0 Å². The summed E-state index contributed by atoms with van der Waals surface area (Å²) in [6.45, 7) is 2.56. The fraction of sp³-hybridized carbons (Fsp3) is 1.00. The Morgan fingerprint density at radius 3 is 2.40 bits per heavy atom. The lowest BCUT2D eigenvalue weighted by Crippen LogP contribution is -2.39. The Labute approximate surface area is 66.5 Å². The summed E-state index contributed by atoms with van der Waals surface area (Å²) in [5.41, 5.74) is 5.67. The van der Waals surface area contributed by atoms with E-state index in [9.17, 15) is 0 Å². The van der Waals surface area contributed by atoms with Crippen LogP contribution in [-0.2, 0) is 4.74 Å². The first-order valence-corrected chi connectivity index (χ1v) is 4.88. The first-order valence-electron chi connectivity index (χ1n) is 3.66. The molecular weight excluding hydrogens is 146 g/mol. The molecule has 0 aromatic heterocycles. The number of hydrogen-bond acceptors (Lipinski definition) is 3. The second kappa shape index (κ2) is 3.60. The molecule has 0 unspecified atom stereocenters. The van der Waals surface area contributed by atoms with E-state index in [1.165, 1.54) is 0 Å². The molecule has 1 fully saturated rings. The van der Waals surface area contributed by atoms with Gasteiger partial charge in [0.25, 0.3) is 0 Å². The third-order valence-corrected chi connectivity index (χ3v) is 3.65. The maximum absolute atomic E-state index is 5.67. The summed E-state index contributed by atoms with van der Waals surface area (Å²) in [5.74, 6) is 0. The monoisotopic (exact) mass is 161 g/mol. The molecule has 1 aliphatic rings. The van der Waals surface area contributed by atoms with Crippen LogP contribution in [0.1, 0.15) is 12.8 Å². The van der Waals surface area contributed by atoms with Crippen molar-refractivity contribution >= 4 is 11.8 Å². The second-order valence-corrected chi connectivity index (χ2v) is 3.98. The van der Waals surface area contributed by atoms with Crippen molar-refractivity contribution in [3.63, 3.8) is 0 Å². The molecule has 1 rings (SSSR count). The Bertz CT molecular complexity index is 95.8. The minimum atomic E-state index is 0.332. The van der Waals surface area contributed by atoms with Crippen molar-refractivity contribution in [2.75, 3.05) is 26.0 Å². The minimum Gasteiger partial charge on any atom is -0.381 e. The molecule has 2 N–H and O–H groups in total. The molecule has 1 aliphatic heterocycles. The van der Waals surface area contributed by atoms with Crippen LogP contribution in [0.3, 0.4) is 0 Å². The van der Waals surface area contributed by atoms with E-state index >= 15 is 0 Å². The Balaban J connectivity index is 2.44. The number of thioether (sulfide) groups is 1. The van der Waals surface area contributed by atoms with Gasteiger partial charge in [-0.1, -0.05) is 0 Å². The van der Waals surface area contributed by atoms with Crippen molar-refractivity contribution < 1.29 is 4.74 Å². The highest BCUT2D eigenvalue weighted by Gasteiger charge is 2.29. The lowest BCUT2D eigenvalue weighted by molar-refractivity contribution is 0.0793. The van der Waals surface area contributed by atoms with Gasteiger partial charge in [-0.2, -0.15) is 11.8 Å². The Hall–Kier alpha value is 0.270. The summed E-state index contributed by atoms with van der Waals surface area (Å²) in [6.07, 6.45) is 4.37. The molecule has 0 aromatic rings. The summed E-state index contributed by atoms with van der Waals surface area (Å²) >= 11 is 1.89. The largest absolute Gasteiger partial charge is 0.381 e. The van der Waals surface area contributed by atoms with Crippen LogP contribution in [-0.4, -0.2) is 30.8 Å². The van der Waals surface area contributed by atoms with Gasteiger partial charge in [-0.05, 0) is 19.1 Å². The Morgan fingerprint density at radius 2 is 2.10 bits per heavy atom. The van der Waals surface area contributed by atoms with E-state index in [0.717, 1.165) is 32.6 Å². The average Bonchev–Trinajstić information content (AvgIpc) is 2.06. The molecule has 0 saturated carbocycles. The number of ether oxygens (including phenoxy) is 1. The molecule has 0 radical (unpaired) electrons. The van der Waals surface area contributed by atoms with Gasteiger partial charge in [-0.15, -0.1) is 0 Å². The third-order valence-electron chi connectivity index (χ3n) is 2.21. The van der Waals surface area contributed by atoms with E-state index < -0.39 is 0 Å². The Kier molecular flexibility index (Phi) is 3.01. The molecule has 60 valence electrons. The van der Waals surface area contributed by atoms with E-state index in [1.54, 1.807) is 0 Å². The number of nitrogens with two attached hydrogens (primary N) is 1. The zero-order chi connectivity index (χ0) is 7.45. The molecule has 0 spiro atoms. The van der Waals surface area contributed by atoms with E-state index in [0.29, 0.717) is 4.75 Å². The number of rotatable bonds is 2. The summed E-state index contributed by atoms with van der Waals surface area (Å²) in [5, 5.41) is 0. The predicted molar refractivity (Wildman–Crippen MR) is 45.4 cm³/mol. The van der Waals surface area contributed by atoms with Crippen LogP contribution < -0.4 is 5.73 Å². The van der Waals surface area contributed by atoms with E-state index in [-0.39, 0.29) is 0 Å². The summed E-state index contributed by atoms with van der Waals surface area (Å²) in [4.78, 5) is 0. The first kappa shape index (κ1) is 8.37. The predicted octanol–water partition coefficient (Wildman–Crippen LogP) is 0.857. The average molecular weight is 161 g/mol. The second-order valence-electron chi connectivity index (χ2n) is 2.70. The van der Waals surface area contributed by atoms with Crippen LogP contribution in [0, 0.1) is 0 Å². The van der Waals surface area contributed by atoms with Crippen LogP contribution in [0.15, 0.2) is 0 Å². The van der Waals surface area contributed by atoms with E-state index in [2.05, 4.69) is 6.26 Å². The van der Waals surface area contributed by atoms with Gasteiger partial charge in [0, 0.05) is 24.5 Å². The van der Waals surface area contributed by atoms with Gasteiger partial charge in [0.05, 0.1) is 0 Å². The van der Waals surface area contributed by atoms with Crippen LogP contribution >= 0.6 is 11.8 Å². The smallest absolute Gasteiger partial charge is 0.0479 e. The third kappa shape index (κ3) is 1.65. The van der Waals surface area contributed by atoms with Crippen molar-refractivity contribution in [1.29, 1.82) is 0 Å². The minimum absolute atomic E-state index is 0.332. The van der Waals surface area contributed by atoms with Gasteiger partial charge in [0.1, 0.15) is 0 Å². The SMILES string of the molecule is CSC1(CN)CCOCC1. The number of hydrogen-bond donors (Lipinski definition) is 1. The van der Waals surface area contributed by atoms with Crippen LogP contribution in [0.5, 0.6) is 0 Å². The zero-order valence-electron chi connectivity index (χ0n) is 6.43. The molecule has 1 saturated heterocycles. The molecule has 0 atom stereocenters. The molecule has 0 aliphatic carbocycles. The molecule has 0 bridgehead atoms. The van der Waals surface area contributed by atoms with Crippen molar-refractivity contribution in [2.45, 2.75) is 17.6 Å². The molecule has 1 heterocycles. The molecule has 3 heteroatoms. The van der Waals surface area contributed by atoms with Crippen molar-refractivity contribution in [1.82, 2.24) is 0 Å². The molecular formula is C7H15NOS.